The number of dihydropyridines is 1. The van der Waals surface area contributed by atoms with Gasteiger partial charge in [-0.2, -0.15) is 0 Å². The Kier molecular flexibility index (Phi) is 4.38. The molecule has 1 rings (SSSR count). The molecule has 0 unspecified atom stereocenters. The van der Waals surface area contributed by atoms with Crippen molar-refractivity contribution >= 4 is 18.4 Å². The van der Waals surface area contributed by atoms with Crippen LogP contribution < -0.4 is 5.32 Å². The molecule has 1 aliphatic heterocycles. The van der Waals surface area contributed by atoms with Crippen molar-refractivity contribution in [2.45, 2.75) is 0 Å². The van der Waals surface area contributed by atoms with Crippen LogP contribution in [0.25, 0.3) is 0 Å². The molecule has 0 aromatic carbocycles. The summed E-state index contributed by atoms with van der Waals surface area (Å²) in [4.78, 5) is 10.8. The van der Waals surface area contributed by atoms with Crippen LogP contribution in [0.3, 0.4) is 0 Å². The molecule has 0 saturated carbocycles. The number of esters is 1. The van der Waals surface area contributed by atoms with Crippen LogP contribution in [0.4, 0.5) is 0 Å². The van der Waals surface area contributed by atoms with Crippen molar-refractivity contribution in [2.75, 3.05) is 13.7 Å². The summed E-state index contributed by atoms with van der Waals surface area (Å²) in [6.45, 7) is 0.559. The summed E-state index contributed by atoms with van der Waals surface area (Å²) < 4.78 is 4.51. The fourth-order valence-corrected chi connectivity index (χ4v) is 0.731. The van der Waals surface area contributed by atoms with Gasteiger partial charge in [-0.25, -0.2) is 4.79 Å². The van der Waals surface area contributed by atoms with Crippen LogP contribution in [0.1, 0.15) is 0 Å². The van der Waals surface area contributed by atoms with Crippen LogP contribution in [0.15, 0.2) is 23.9 Å². The van der Waals surface area contributed by atoms with Crippen LogP contribution in [0, 0.1) is 0 Å². The minimum Gasteiger partial charge on any atom is -0.466 e. The smallest absolute Gasteiger partial charge is 0.335 e. The van der Waals surface area contributed by atoms with Crippen molar-refractivity contribution in [3.63, 3.8) is 0 Å². The van der Waals surface area contributed by atoms with Gasteiger partial charge >= 0.3 is 5.97 Å². The zero-order valence-corrected chi connectivity index (χ0v) is 6.98. The summed E-state index contributed by atoms with van der Waals surface area (Å²) in [5.41, 5.74) is 0.657. The fraction of sp³-hybridized carbons (Fsp3) is 0.286. The Labute approximate surface area is 71.5 Å². The van der Waals surface area contributed by atoms with Gasteiger partial charge in [-0.15, -0.1) is 12.4 Å². The number of carbonyl (C=O) groups excluding carboxylic acids is 1. The van der Waals surface area contributed by atoms with Crippen LogP contribution in [-0.4, -0.2) is 19.6 Å². The SMILES string of the molecule is COC(=O)C1=CC=CNC1.Cl. The number of methoxy groups -OCH3 is 1. The highest BCUT2D eigenvalue weighted by Gasteiger charge is 2.08. The number of nitrogens with one attached hydrogen (secondary N) is 1. The first-order valence-corrected chi connectivity index (χ1v) is 3.02. The van der Waals surface area contributed by atoms with Gasteiger partial charge in [0.1, 0.15) is 0 Å². The minimum absolute atomic E-state index is 0. The lowest BCUT2D eigenvalue weighted by Crippen LogP contribution is -2.19. The largest absolute Gasteiger partial charge is 0.466 e. The molecular formula is C7H10ClNO2. The first-order valence-electron chi connectivity index (χ1n) is 3.02. The molecule has 62 valence electrons. The van der Waals surface area contributed by atoms with Gasteiger partial charge in [-0.3, -0.25) is 0 Å². The Balaban J connectivity index is 0.000001000. The van der Waals surface area contributed by atoms with E-state index < -0.39 is 0 Å². The van der Waals surface area contributed by atoms with E-state index in [-0.39, 0.29) is 18.4 Å². The summed E-state index contributed by atoms with van der Waals surface area (Å²) in [6, 6.07) is 0. The highest BCUT2D eigenvalue weighted by Crippen LogP contribution is 1.99. The molecule has 0 aromatic rings. The lowest BCUT2D eigenvalue weighted by atomic mass is 10.2. The molecular weight excluding hydrogens is 166 g/mol. The molecule has 1 aliphatic rings. The first-order chi connectivity index (χ1) is 4.84. The standard InChI is InChI=1S/C7H9NO2.ClH/c1-10-7(9)6-3-2-4-8-5-6;/h2-4,8H,5H2,1H3;1H. The third kappa shape index (κ3) is 2.63. The summed E-state index contributed by atoms with van der Waals surface area (Å²) in [5, 5.41) is 2.90. The van der Waals surface area contributed by atoms with Crippen molar-refractivity contribution < 1.29 is 9.53 Å². The number of ether oxygens (including phenoxy) is 1. The van der Waals surface area contributed by atoms with Crippen molar-refractivity contribution in [2.24, 2.45) is 0 Å². The normalized spacial score (nSPS) is 14.1. The van der Waals surface area contributed by atoms with E-state index in [9.17, 15) is 4.79 Å². The van der Waals surface area contributed by atoms with E-state index in [1.165, 1.54) is 7.11 Å². The van der Waals surface area contributed by atoms with Gasteiger partial charge in [-0.05, 0) is 18.4 Å². The number of rotatable bonds is 1. The highest BCUT2D eigenvalue weighted by molar-refractivity contribution is 5.89. The topological polar surface area (TPSA) is 38.3 Å². The quantitative estimate of drug-likeness (QED) is 0.594. The monoisotopic (exact) mass is 175 g/mol. The van der Waals surface area contributed by atoms with Gasteiger partial charge in [0, 0.05) is 6.54 Å². The van der Waals surface area contributed by atoms with Crippen LogP contribution in [0.5, 0.6) is 0 Å². The molecule has 0 bridgehead atoms. The zero-order valence-electron chi connectivity index (χ0n) is 6.16. The molecule has 0 aromatic heterocycles. The summed E-state index contributed by atoms with van der Waals surface area (Å²) in [5.74, 6) is -0.267. The van der Waals surface area contributed by atoms with E-state index in [0.29, 0.717) is 12.1 Å². The molecule has 1 heterocycles. The van der Waals surface area contributed by atoms with E-state index in [2.05, 4.69) is 10.1 Å². The number of allylic oxidation sites excluding steroid dienone is 2. The second-order valence-electron chi connectivity index (χ2n) is 1.92. The van der Waals surface area contributed by atoms with Crippen molar-refractivity contribution in [3.05, 3.63) is 23.9 Å². The van der Waals surface area contributed by atoms with Gasteiger partial charge in [0.05, 0.1) is 12.7 Å². The second kappa shape index (κ2) is 4.79. The maximum atomic E-state index is 10.8. The minimum atomic E-state index is -0.267. The number of carbonyl (C=O) groups is 1. The maximum absolute atomic E-state index is 10.8. The van der Waals surface area contributed by atoms with E-state index in [1.807, 2.05) is 0 Å². The van der Waals surface area contributed by atoms with E-state index >= 15 is 0 Å². The maximum Gasteiger partial charge on any atom is 0.335 e. The Bertz CT molecular complexity index is 199. The fourth-order valence-electron chi connectivity index (χ4n) is 0.731. The molecule has 0 radical (unpaired) electrons. The van der Waals surface area contributed by atoms with Gasteiger partial charge in [-0.1, -0.05) is 0 Å². The predicted octanol–water partition coefficient (Wildman–Crippen LogP) is 0.624. The summed E-state index contributed by atoms with van der Waals surface area (Å²) in [6.07, 6.45) is 5.30. The average Bonchev–Trinajstić information content (AvgIpc) is 2.05. The van der Waals surface area contributed by atoms with Crippen molar-refractivity contribution in [3.8, 4) is 0 Å². The van der Waals surface area contributed by atoms with E-state index in [1.54, 1.807) is 18.4 Å². The van der Waals surface area contributed by atoms with Crippen LogP contribution in [-0.2, 0) is 9.53 Å². The van der Waals surface area contributed by atoms with Crippen LogP contribution >= 0.6 is 12.4 Å². The Morgan fingerprint density at radius 1 is 1.73 bits per heavy atom. The summed E-state index contributed by atoms with van der Waals surface area (Å²) >= 11 is 0. The molecule has 3 nitrogen and oxygen atoms in total. The summed E-state index contributed by atoms with van der Waals surface area (Å²) in [7, 11) is 1.38. The van der Waals surface area contributed by atoms with Crippen molar-refractivity contribution in [1.82, 2.24) is 5.32 Å². The molecule has 0 amide bonds. The van der Waals surface area contributed by atoms with Gasteiger partial charge in [0.25, 0.3) is 0 Å². The zero-order chi connectivity index (χ0) is 7.40. The van der Waals surface area contributed by atoms with Crippen LogP contribution in [0.2, 0.25) is 0 Å². The van der Waals surface area contributed by atoms with E-state index in [0.717, 1.165) is 0 Å². The number of hydrogen-bond donors (Lipinski definition) is 1. The van der Waals surface area contributed by atoms with Gasteiger partial charge in [0.2, 0.25) is 0 Å². The average molecular weight is 176 g/mol. The Hall–Kier alpha value is -0.960. The molecule has 11 heavy (non-hydrogen) atoms. The molecule has 0 fully saturated rings. The second-order valence-corrected chi connectivity index (χ2v) is 1.92. The van der Waals surface area contributed by atoms with E-state index in [4.69, 9.17) is 0 Å². The molecule has 4 heteroatoms. The Morgan fingerprint density at radius 2 is 2.45 bits per heavy atom. The number of halogens is 1. The number of hydrogen-bond acceptors (Lipinski definition) is 3. The first kappa shape index (κ1) is 10.0. The Morgan fingerprint density at radius 3 is 2.91 bits per heavy atom. The van der Waals surface area contributed by atoms with Crippen molar-refractivity contribution in [1.29, 1.82) is 0 Å². The predicted molar refractivity (Wildman–Crippen MR) is 44.5 cm³/mol. The van der Waals surface area contributed by atoms with Gasteiger partial charge in [0.15, 0.2) is 0 Å². The highest BCUT2D eigenvalue weighted by atomic mass is 35.5. The molecule has 0 aliphatic carbocycles. The molecule has 0 atom stereocenters. The van der Waals surface area contributed by atoms with Gasteiger partial charge < -0.3 is 10.1 Å². The molecule has 1 N–H and O–H groups in total. The lowest BCUT2D eigenvalue weighted by molar-refractivity contribution is -0.136. The third-order valence-corrected chi connectivity index (χ3v) is 1.25. The molecule has 0 saturated heterocycles. The lowest BCUT2D eigenvalue weighted by Gasteiger charge is -2.07. The third-order valence-electron chi connectivity index (χ3n) is 1.25. The molecule has 0 spiro atoms.